The number of hydrogen-bond acceptors (Lipinski definition) is 5. The molecule has 32 heavy (non-hydrogen) atoms. The first-order chi connectivity index (χ1) is 15.5. The van der Waals surface area contributed by atoms with Crippen LogP contribution in [0.4, 0.5) is 5.69 Å². The number of esters is 1. The summed E-state index contributed by atoms with van der Waals surface area (Å²) < 4.78 is 11.2. The summed E-state index contributed by atoms with van der Waals surface area (Å²) in [6, 6.07) is 22.2. The van der Waals surface area contributed by atoms with Crippen molar-refractivity contribution in [2.24, 2.45) is 0 Å². The van der Waals surface area contributed by atoms with Crippen LogP contribution in [0.15, 0.2) is 83.4 Å². The molecule has 0 saturated carbocycles. The Hall–Kier alpha value is -4.19. The second-order valence-electron chi connectivity index (χ2n) is 7.33. The molecule has 160 valence electrons. The highest BCUT2D eigenvalue weighted by atomic mass is 16.5. The number of aromatic nitrogens is 1. The van der Waals surface area contributed by atoms with Crippen LogP contribution in [0.5, 0.6) is 0 Å². The van der Waals surface area contributed by atoms with E-state index in [1.54, 1.807) is 30.5 Å². The normalized spacial score (nSPS) is 10.6. The van der Waals surface area contributed by atoms with Gasteiger partial charge in [0, 0.05) is 11.3 Å². The van der Waals surface area contributed by atoms with Crippen LogP contribution in [0.3, 0.4) is 0 Å². The van der Waals surface area contributed by atoms with Gasteiger partial charge in [0.25, 0.3) is 5.91 Å². The highest BCUT2D eigenvalue weighted by Crippen LogP contribution is 2.28. The van der Waals surface area contributed by atoms with Crippen LogP contribution >= 0.6 is 0 Å². The van der Waals surface area contributed by atoms with Gasteiger partial charge >= 0.3 is 5.97 Å². The molecular weight excluding hydrogens is 404 g/mol. The van der Waals surface area contributed by atoms with Crippen molar-refractivity contribution in [2.75, 3.05) is 11.9 Å². The second-order valence-corrected chi connectivity index (χ2v) is 7.33. The van der Waals surface area contributed by atoms with Gasteiger partial charge in [-0.15, -0.1) is 0 Å². The molecule has 0 atom stereocenters. The Labute approximate surface area is 185 Å². The first-order valence-corrected chi connectivity index (χ1v) is 10.2. The summed E-state index contributed by atoms with van der Waals surface area (Å²) in [5.74, 6) is -0.138. The topological polar surface area (TPSA) is 81.4 Å². The average Bonchev–Trinajstić information content (AvgIpc) is 3.31. The second kappa shape index (κ2) is 9.31. The predicted octanol–water partition coefficient (Wildman–Crippen LogP) is 5.42. The molecule has 0 unspecified atom stereocenters. The number of aryl methyl sites for hydroxylation is 2. The standard InChI is InChI=1S/C26H22N2O4/c1-17-9-8-10-18(2)24(17)28-23(29)16-31-26(30)21-14-7-6-13-20(21)25-27-15-22(32-25)19-11-4-3-5-12-19/h3-15H,16H2,1-2H3,(H,28,29). The summed E-state index contributed by atoms with van der Waals surface area (Å²) in [4.78, 5) is 29.4. The summed E-state index contributed by atoms with van der Waals surface area (Å²) in [6.45, 7) is 3.41. The van der Waals surface area contributed by atoms with Crippen molar-refractivity contribution in [3.63, 3.8) is 0 Å². The lowest BCUT2D eigenvalue weighted by Gasteiger charge is -2.12. The Bertz CT molecular complexity index is 1240. The predicted molar refractivity (Wildman–Crippen MR) is 122 cm³/mol. The molecule has 0 aliphatic heterocycles. The Kier molecular flexibility index (Phi) is 6.12. The number of carbonyl (C=O) groups excluding carboxylic acids is 2. The number of para-hydroxylation sites is 1. The molecule has 1 amide bonds. The van der Waals surface area contributed by atoms with Gasteiger partial charge in [0.1, 0.15) is 0 Å². The number of anilines is 1. The van der Waals surface area contributed by atoms with Crippen molar-refractivity contribution in [1.29, 1.82) is 0 Å². The highest BCUT2D eigenvalue weighted by molar-refractivity contribution is 5.99. The molecule has 0 spiro atoms. The molecule has 1 N–H and O–H groups in total. The first-order valence-electron chi connectivity index (χ1n) is 10.2. The zero-order valence-electron chi connectivity index (χ0n) is 17.8. The molecule has 0 aliphatic carbocycles. The number of amides is 1. The van der Waals surface area contributed by atoms with Gasteiger partial charge in [-0.25, -0.2) is 9.78 Å². The van der Waals surface area contributed by atoms with Gasteiger partial charge in [0.2, 0.25) is 5.89 Å². The highest BCUT2D eigenvalue weighted by Gasteiger charge is 2.19. The molecule has 4 rings (SSSR count). The number of nitrogens with zero attached hydrogens (tertiary/aromatic N) is 1. The Morgan fingerprint density at radius 2 is 1.59 bits per heavy atom. The van der Waals surface area contributed by atoms with Gasteiger partial charge in [0.15, 0.2) is 12.4 Å². The monoisotopic (exact) mass is 426 g/mol. The van der Waals surface area contributed by atoms with Gasteiger partial charge in [-0.1, -0.05) is 60.7 Å². The lowest BCUT2D eigenvalue weighted by molar-refractivity contribution is -0.119. The molecule has 4 aromatic rings. The van der Waals surface area contributed by atoms with Crippen molar-refractivity contribution in [2.45, 2.75) is 13.8 Å². The number of oxazole rings is 1. The van der Waals surface area contributed by atoms with Crippen LogP contribution in [0.2, 0.25) is 0 Å². The summed E-state index contributed by atoms with van der Waals surface area (Å²) >= 11 is 0. The third-order valence-corrected chi connectivity index (χ3v) is 5.02. The van der Waals surface area contributed by atoms with Crippen LogP contribution in [0, 0.1) is 13.8 Å². The van der Waals surface area contributed by atoms with E-state index >= 15 is 0 Å². The molecule has 6 nitrogen and oxygen atoms in total. The van der Waals surface area contributed by atoms with Crippen molar-refractivity contribution in [3.8, 4) is 22.8 Å². The Morgan fingerprint density at radius 1 is 0.906 bits per heavy atom. The fraction of sp³-hybridized carbons (Fsp3) is 0.115. The summed E-state index contributed by atoms with van der Waals surface area (Å²) in [6.07, 6.45) is 1.62. The maximum absolute atomic E-state index is 12.7. The lowest BCUT2D eigenvalue weighted by atomic mass is 10.1. The minimum absolute atomic E-state index is 0.272. The van der Waals surface area contributed by atoms with Crippen LogP contribution < -0.4 is 5.32 Å². The summed E-state index contributed by atoms with van der Waals surface area (Å²) in [5, 5.41) is 2.81. The van der Waals surface area contributed by atoms with E-state index in [0.717, 1.165) is 22.4 Å². The molecule has 3 aromatic carbocycles. The molecule has 1 heterocycles. The van der Waals surface area contributed by atoms with E-state index in [2.05, 4.69) is 10.3 Å². The van der Waals surface area contributed by atoms with Crippen LogP contribution in [0.25, 0.3) is 22.8 Å². The van der Waals surface area contributed by atoms with Crippen molar-refractivity contribution < 1.29 is 18.7 Å². The minimum atomic E-state index is -0.628. The smallest absolute Gasteiger partial charge is 0.339 e. The quantitative estimate of drug-likeness (QED) is 0.416. The minimum Gasteiger partial charge on any atom is -0.452 e. The summed E-state index contributed by atoms with van der Waals surface area (Å²) in [5.41, 5.74) is 4.25. The van der Waals surface area contributed by atoms with E-state index in [1.807, 2.05) is 62.4 Å². The van der Waals surface area contributed by atoms with E-state index in [9.17, 15) is 9.59 Å². The van der Waals surface area contributed by atoms with Crippen molar-refractivity contribution in [3.05, 3.63) is 95.7 Å². The maximum Gasteiger partial charge on any atom is 0.339 e. The number of nitrogens with one attached hydrogen (secondary N) is 1. The van der Waals surface area contributed by atoms with Gasteiger partial charge in [-0.05, 0) is 37.1 Å². The van der Waals surface area contributed by atoms with Gasteiger partial charge in [0.05, 0.1) is 17.3 Å². The zero-order chi connectivity index (χ0) is 22.5. The van der Waals surface area contributed by atoms with E-state index < -0.39 is 18.5 Å². The fourth-order valence-electron chi connectivity index (χ4n) is 3.38. The first kappa shape index (κ1) is 21.1. The third kappa shape index (κ3) is 4.59. The number of hydrogen-bond donors (Lipinski definition) is 1. The van der Waals surface area contributed by atoms with E-state index in [-0.39, 0.29) is 5.56 Å². The van der Waals surface area contributed by atoms with Gasteiger partial charge in [-0.3, -0.25) is 4.79 Å². The van der Waals surface area contributed by atoms with Crippen molar-refractivity contribution >= 4 is 17.6 Å². The third-order valence-electron chi connectivity index (χ3n) is 5.02. The molecular formula is C26H22N2O4. The molecule has 0 saturated heterocycles. The number of ether oxygens (including phenoxy) is 1. The largest absolute Gasteiger partial charge is 0.452 e. The lowest BCUT2D eigenvalue weighted by Crippen LogP contribution is -2.22. The zero-order valence-corrected chi connectivity index (χ0v) is 17.8. The molecule has 0 aliphatic rings. The average molecular weight is 426 g/mol. The Balaban J connectivity index is 1.47. The number of carbonyl (C=O) groups is 2. The maximum atomic E-state index is 12.7. The fourth-order valence-corrected chi connectivity index (χ4v) is 3.38. The SMILES string of the molecule is Cc1cccc(C)c1NC(=O)COC(=O)c1ccccc1-c1ncc(-c2ccccc2)o1. The van der Waals surface area contributed by atoms with Crippen molar-refractivity contribution in [1.82, 2.24) is 4.98 Å². The molecule has 6 heteroatoms. The van der Waals surface area contributed by atoms with E-state index in [0.29, 0.717) is 17.2 Å². The van der Waals surface area contributed by atoms with Gasteiger partial charge in [-0.2, -0.15) is 0 Å². The van der Waals surface area contributed by atoms with Gasteiger partial charge < -0.3 is 14.5 Å². The molecule has 0 radical (unpaired) electrons. The summed E-state index contributed by atoms with van der Waals surface area (Å²) in [7, 11) is 0. The van der Waals surface area contributed by atoms with Crippen LogP contribution in [-0.2, 0) is 9.53 Å². The van der Waals surface area contributed by atoms with Crippen LogP contribution in [0.1, 0.15) is 21.5 Å². The molecule has 0 fully saturated rings. The Morgan fingerprint density at radius 3 is 2.34 bits per heavy atom. The molecule has 1 aromatic heterocycles. The number of rotatable bonds is 6. The number of benzene rings is 3. The van der Waals surface area contributed by atoms with E-state index in [1.165, 1.54) is 0 Å². The molecule has 0 bridgehead atoms. The van der Waals surface area contributed by atoms with Crippen LogP contribution in [-0.4, -0.2) is 23.5 Å². The van der Waals surface area contributed by atoms with E-state index in [4.69, 9.17) is 9.15 Å².